The van der Waals surface area contributed by atoms with E-state index in [9.17, 15) is 19.2 Å². The highest BCUT2D eigenvalue weighted by molar-refractivity contribution is 9.11. The Kier molecular flexibility index (Phi) is 8.11. The molecule has 8 nitrogen and oxygen atoms in total. The van der Waals surface area contributed by atoms with E-state index >= 15 is 0 Å². The number of anilines is 1. The molecule has 0 atom stereocenters. The number of rotatable bonds is 6. The fraction of sp³-hybridized carbons (Fsp3) is 0.0769. The molecular weight excluding hydrogens is 632 g/mol. The molecule has 0 saturated carbocycles. The molecule has 3 aromatic rings. The van der Waals surface area contributed by atoms with Crippen molar-refractivity contribution in [2.24, 2.45) is 0 Å². The van der Waals surface area contributed by atoms with Crippen LogP contribution in [0, 0.1) is 0 Å². The van der Waals surface area contributed by atoms with E-state index in [1.54, 1.807) is 18.2 Å². The molecule has 1 fully saturated rings. The zero-order valence-electron chi connectivity index (χ0n) is 19.1. The third-order valence-electron chi connectivity index (χ3n) is 5.31. The average molecular weight is 649 g/mol. The van der Waals surface area contributed by atoms with Gasteiger partial charge in [0.05, 0.1) is 27.3 Å². The van der Waals surface area contributed by atoms with Crippen LogP contribution < -0.4 is 15.0 Å². The van der Waals surface area contributed by atoms with Crippen LogP contribution in [0.5, 0.6) is 5.75 Å². The fourth-order valence-electron chi connectivity index (χ4n) is 3.49. The second-order valence-electron chi connectivity index (χ2n) is 7.69. The molecule has 1 heterocycles. The molecule has 188 valence electrons. The molecule has 1 aliphatic rings. The molecule has 1 N–H and O–H groups in total. The van der Waals surface area contributed by atoms with E-state index in [2.05, 4.69) is 41.9 Å². The molecule has 0 bridgehead atoms. The van der Waals surface area contributed by atoms with Crippen molar-refractivity contribution in [3.05, 3.63) is 96.9 Å². The summed E-state index contributed by atoms with van der Waals surface area (Å²) in [6.45, 7) is 0.226. The maximum Gasteiger partial charge on any atom is 0.337 e. The molecule has 3 aromatic carbocycles. The van der Waals surface area contributed by atoms with Gasteiger partial charge in [-0.3, -0.25) is 14.9 Å². The largest absolute Gasteiger partial charge is 0.486 e. The van der Waals surface area contributed by atoms with E-state index in [1.807, 2.05) is 18.2 Å². The lowest BCUT2D eigenvalue weighted by atomic mass is 10.1. The lowest BCUT2D eigenvalue weighted by Crippen LogP contribution is -2.54. The predicted molar refractivity (Wildman–Crippen MR) is 144 cm³/mol. The van der Waals surface area contributed by atoms with Crippen molar-refractivity contribution >= 4 is 79.0 Å². The third-order valence-corrected chi connectivity index (χ3v) is 6.86. The second-order valence-corrected chi connectivity index (χ2v) is 9.81. The maximum absolute atomic E-state index is 13.2. The summed E-state index contributed by atoms with van der Waals surface area (Å²) in [6, 6.07) is 15.4. The van der Waals surface area contributed by atoms with Crippen LogP contribution in [0.15, 0.2) is 75.2 Å². The van der Waals surface area contributed by atoms with Gasteiger partial charge in [-0.25, -0.2) is 14.5 Å². The van der Waals surface area contributed by atoms with E-state index in [-0.39, 0.29) is 23.4 Å². The topological polar surface area (TPSA) is 102 Å². The highest BCUT2D eigenvalue weighted by atomic mass is 79.9. The Balaban J connectivity index is 1.60. The lowest BCUT2D eigenvalue weighted by molar-refractivity contribution is -0.122. The number of nitrogens with zero attached hydrogens (tertiary/aromatic N) is 1. The summed E-state index contributed by atoms with van der Waals surface area (Å²) in [5.74, 6) is -1.70. The summed E-state index contributed by atoms with van der Waals surface area (Å²) in [7, 11) is 1.24. The van der Waals surface area contributed by atoms with E-state index in [4.69, 9.17) is 16.3 Å². The van der Waals surface area contributed by atoms with Crippen LogP contribution >= 0.6 is 43.5 Å². The number of methoxy groups -OCH3 is 1. The first-order valence-electron chi connectivity index (χ1n) is 10.6. The summed E-state index contributed by atoms with van der Waals surface area (Å²) in [4.78, 5) is 50.7. The molecule has 1 aliphatic heterocycles. The van der Waals surface area contributed by atoms with Gasteiger partial charge in [0.2, 0.25) is 0 Å². The Labute approximate surface area is 233 Å². The minimum absolute atomic E-state index is 0.180. The number of esters is 1. The minimum Gasteiger partial charge on any atom is -0.486 e. The van der Waals surface area contributed by atoms with Crippen molar-refractivity contribution in [1.29, 1.82) is 0 Å². The van der Waals surface area contributed by atoms with E-state index in [1.165, 1.54) is 37.5 Å². The van der Waals surface area contributed by atoms with Crippen LogP contribution in [0.3, 0.4) is 0 Å². The Bertz CT molecular complexity index is 1430. The number of halogens is 3. The molecule has 37 heavy (non-hydrogen) atoms. The summed E-state index contributed by atoms with van der Waals surface area (Å²) in [5.41, 5.74) is 1.48. The minimum atomic E-state index is -0.899. The zero-order chi connectivity index (χ0) is 26.7. The Morgan fingerprint density at radius 2 is 1.68 bits per heavy atom. The van der Waals surface area contributed by atoms with Gasteiger partial charge in [-0.2, -0.15) is 0 Å². The quantitative estimate of drug-likeness (QED) is 0.203. The number of benzene rings is 3. The van der Waals surface area contributed by atoms with Gasteiger partial charge in [0.25, 0.3) is 11.8 Å². The number of ether oxygens (including phenoxy) is 2. The van der Waals surface area contributed by atoms with E-state index in [0.29, 0.717) is 25.3 Å². The fourth-order valence-corrected chi connectivity index (χ4v) is 5.13. The van der Waals surface area contributed by atoms with Gasteiger partial charge in [-0.15, -0.1) is 0 Å². The predicted octanol–water partition coefficient (Wildman–Crippen LogP) is 5.90. The maximum atomic E-state index is 13.2. The van der Waals surface area contributed by atoms with Crippen molar-refractivity contribution in [3.8, 4) is 5.75 Å². The molecule has 1 saturated heterocycles. The molecule has 0 unspecified atom stereocenters. The number of nitrogens with one attached hydrogen (secondary N) is 1. The van der Waals surface area contributed by atoms with Crippen LogP contribution in [0.4, 0.5) is 10.5 Å². The number of hydrogen-bond donors (Lipinski definition) is 1. The zero-order valence-corrected chi connectivity index (χ0v) is 23.0. The first-order chi connectivity index (χ1) is 17.7. The van der Waals surface area contributed by atoms with Crippen LogP contribution in [-0.2, 0) is 20.9 Å². The van der Waals surface area contributed by atoms with Crippen molar-refractivity contribution < 1.29 is 28.7 Å². The van der Waals surface area contributed by atoms with Gasteiger partial charge in [0.1, 0.15) is 17.9 Å². The first-order valence-corrected chi connectivity index (χ1v) is 12.6. The number of hydrogen-bond acceptors (Lipinski definition) is 6. The number of barbiturate groups is 1. The highest BCUT2D eigenvalue weighted by Crippen LogP contribution is 2.36. The molecule has 0 spiro atoms. The Morgan fingerprint density at radius 1 is 1.03 bits per heavy atom. The number of imide groups is 2. The SMILES string of the molecule is COC(=O)c1ccc(N2C(=O)NC(=O)/C(=C\c3cc(Br)c(OCc4ccccc4Cl)c(Br)c3)C2=O)cc1. The van der Waals surface area contributed by atoms with Crippen molar-refractivity contribution in [2.45, 2.75) is 6.61 Å². The second kappa shape index (κ2) is 11.3. The highest BCUT2D eigenvalue weighted by Gasteiger charge is 2.37. The van der Waals surface area contributed by atoms with Gasteiger partial charge in [0, 0.05) is 10.6 Å². The van der Waals surface area contributed by atoms with E-state index < -0.39 is 23.8 Å². The smallest absolute Gasteiger partial charge is 0.337 e. The standard InChI is InChI=1S/C26H17Br2ClN2O6/c1-36-25(34)15-6-8-17(9-7-15)31-24(33)18(23(32)30-26(31)35)10-14-11-19(27)22(20(28)12-14)37-13-16-4-2-3-5-21(16)29/h2-12H,13H2,1H3,(H,30,32,35)/b18-10+. The molecule has 0 aliphatic carbocycles. The molecule has 0 radical (unpaired) electrons. The summed E-state index contributed by atoms with van der Waals surface area (Å²) < 4.78 is 11.7. The Hall–Kier alpha value is -3.47. The number of amides is 4. The van der Waals surface area contributed by atoms with Gasteiger partial charge in [0.15, 0.2) is 0 Å². The molecule has 0 aromatic heterocycles. The summed E-state index contributed by atoms with van der Waals surface area (Å²) in [5, 5.41) is 2.75. The van der Waals surface area contributed by atoms with Crippen molar-refractivity contribution in [3.63, 3.8) is 0 Å². The third kappa shape index (κ3) is 5.76. The molecule has 4 rings (SSSR count). The molecule has 11 heteroatoms. The normalized spacial score (nSPS) is 14.5. The number of carbonyl (C=O) groups excluding carboxylic acids is 4. The van der Waals surface area contributed by atoms with Crippen LogP contribution in [0.25, 0.3) is 6.08 Å². The van der Waals surface area contributed by atoms with Crippen LogP contribution in [0.1, 0.15) is 21.5 Å². The van der Waals surface area contributed by atoms with Gasteiger partial charge >= 0.3 is 12.0 Å². The average Bonchev–Trinajstić information content (AvgIpc) is 2.87. The van der Waals surface area contributed by atoms with Crippen molar-refractivity contribution in [1.82, 2.24) is 5.32 Å². The van der Waals surface area contributed by atoms with Gasteiger partial charge < -0.3 is 9.47 Å². The van der Waals surface area contributed by atoms with Crippen LogP contribution in [0.2, 0.25) is 5.02 Å². The van der Waals surface area contributed by atoms with Crippen LogP contribution in [-0.4, -0.2) is 30.9 Å². The molecule has 4 amide bonds. The summed E-state index contributed by atoms with van der Waals surface area (Å²) in [6.07, 6.45) is 1.37. The number of carbonyl (C=O) groups is 4. The first kappa shape index (κ1) is 26.6. The van der Waals surface area contributed by atoms with Gasteiger partial charge in [-0.05, 0) is 86.0 Å². The number of urea groups is 1. The Morgan fingerprint density at radius 3 is 2.30 bits per heavy atom. The van der Waals surface area contributed by atoms with Crippen molar-refractivity contribution in [2.75, 3.05) is 12.0 Å². The van der Waals surface area contributed by atoms with E-state index in [0.717, 1.165) is 10.5 Å². The van der Waals surface area contributed by atoms with Gasteiger partial charge in [-0.1, -0.05) is 29.8 Å². The lowest BCUT2D eigenvalue weighted by Gasteiger charge is -2.26. The monoisotopic (exact) mass is 646 g/mol. The summed E-state index contributed by atoms with van der Waals surface area (Å²) >= 11 is 13.1. The molecular formula is C26H17Br2ClN2O6.